The van der Waals surface area contributed by atoms with Gasteiger partial charge in [0, 0.05) is 10.0 Å². The maximum absolute atomic E-state index is 12.7. The molecule has 0 aliphatic rings. The number of carbonyl (C=O) groups excluding carboxylic acids is 1. The number of rotatable bonds is 12. The minimum absolute atomic E-state index is 0.329. The van der Waals surface area contributed by atoms with E-state index in [2.05, 4.69) is 26.5 Å². The predicted molar refractivity (Wildman–Crippen MR) is 160 cm³/mol. The first kappa shape index (κ1) is 29.0. The maximum atomic E-state index is 12.7. The number of amides is 1. The molecule has 0 spiro atoms. The molecular weight excluding hydrogens is 596 g/mol. The molecule has 4 aromatic rings. The summed E-state index contributed by atoms with van der Waals surface area (Å²) >= 11 is 9.95. The molecule has 1 amide bonds. The number of ether oxygens (including phenoxy) is 4. The van der Waals surface area contributed by atoms with E-state index in [9.17, 15) is 4.79 Å². The number of methoxy groups -OCH3 is 1. The number of nitrogens with one attached hydrogen (secondary N) is 1. The first-order valence-electron chi connectivity index (χ1n) is 12.5. The van der Waals surface area contributed by atoms with Gasteiger partial charge in [-0.05, 0) is 66.1 Å². The molecule has 1 N–H and O–H groups in total. The van der Waals surface area contributed by atoms with Gasteiger partial charge in [0.05, 0.1) is 25.0 Å². The van der Waals surface area contributed by atoms with Gasteiger partial charge in [-0.15, -0.1) is 0 Å². The van der Waals surface area contributed by atoms with Gasteiger partial charge in [-0.3, -0.25) is 4.79 Å². The van der Waals surface area contributed by atoms with Gasteiger partial charge in [-0.1, -0.05) is 70.0 Å². The molecule has 0 saturated carbocycles. The standard InChI is InChI=1S/C31H28BrClN2O5/c1-3-38-29-16-23(15-26(33)30(29)40-20-22-9-12-25(32)13-10-22)18-34-35-31(36)24-11-14-27(28(17-24)37-2)39-19-21-7-5-4-6-8-21/h4-18H,3,19-20H2,1-2H3,(H,35,36)/b34-18+. The molecule has 40 heavy (non-hydrogen) atoms. The Hall–Kier alpha value is -4.01. The summed E-state index contributed by atoms with van der Waals surface area (Å²) in [7, 11) is 1.52. The van der Waals surface area contributed by atoms with E-state index in [1.54, 1.807) is 30.3 Å². The van der Waals surface area contributed by atoms with Crippen molar-refractivity contribution >= 4 is 39.7 Å². The Bertz CT molecular complexity index is 1460. The molecule has 0 aromatic heterocycles. The van der Waals surface area contributed by atoms with E-state index in [1.807, 2.05) is 61.5 Å². The van der Waals surface area contributed by atoms with Crippen molar-refractivity contribution in [2.24, 2.45) is 5.10 Å². The van der Waals surface area contributed by atoms with E-state index in [0.29, 0.717) is 59.0 Å². The Morgan fingerprint density at radius 3 is 2.33 bits per heavy atom. The summed E-state index contributed by atoms with van der Waals surface area (Å²) in [6.45, 7) is 3.01. The molecule has 206 valence electrons. The van der Waals surface area contributed by atoms with Crippen molar-refractivity contribution in [3.8, 4) is 23.0 Å². The highest BCUT2D eigenvalue weighted by Gasteiger charge is 2.14. The van der Waals surface area contributed by atoms with Crippen molar-refractivity contribution in [2.45, 2.75) is 20.1 Å². The second-order valence-corrected chi connectivity index (χ2v) is 9.84. The minimum Gasteiger partial charge on any atom is -0.493 e. The fourth-order valence-corrected chi connectivity index (χ4v) is 4.23. The van der Waals surface area contributed by atoms with E-state index in [-0.39, 0.29) is 0 Å². The second kappa shape index (κ2) is 14.4. The van der Waals surface area contributed by atoms with Gasteiger partial charge in [-0.2, -0.15) is 5.10 Å². The fourth-order valence-electron chi connectivity index (χ4n) is 3.69. The molecule has 0 radical (unpaired) electrons. The Kier molecular flexibility index (Phi) is 10.4. The zero-order valence-electron chi connectivity index (χ0n) is 22.0. The number of nitrogens with zero attached hydrogens (tertiary/aromatic N) is 1. The van der Waals surface area contributed by atoms with Gasteiger partial charge < -0.3 is 18.9 Å². The quantitative estimate of drug-likeness (QED) is 0.131. The van der Waals surface area contributed by atoms with Crippen molar-refractivity contribution < 1.29 is 23.7 Å². The van der Waals surface area contributed by atoms with Crippen LogP contribution in [0, 0.1) is 0 Å². The summed E-state index contributed by atoms with van der Waals surface area (Å²) in [5.74, 6) is 1.49. The maximum Gasteiger partial charge on any atom is 0.271 e. The molecule has 4 rings (SSSR count). The summed E-state index contributed by atoms with van der Waals surface area (Å²) < 4.78 is 24.0. The van der Waals surface area contributed by atoms with E-state index >= 15 is 0 Å². The van der Waals surface area contributed by atoms with Crippen molar-refractivity contribution in [1.82, 2.24) is 5.43 Å². The molecule has 0 aliphatic heterocycles. The van der Waals surface area contributed by atoms with Crippen molar-refractivity contribution in [3.63, 3.8) is 0 Å². The molecule has 0 bridgehead atoms. The smallest absolute Gasteiger partial charge is 0.271 e. The van der Waals surface area contributed by atoms with Crippen LogP contribution in [0.1, 0.15) is 34.0 Å². The van der Waals surface area contributed by atoms with Crippen LogP contribution in [0.25, 0.3) is 0 Å². The van der Waals surface area contributed by atoms with E-state index in [1.165, 1.54) is 13.3 Å². The lowest BCUT2D eigenvalue weighted by atomic mass is 10.2. The summed E-state index contributed by atoms with van der Waals surface area (Å²) in [6, 6.07) is 26.0. The van der Waals surface area contributed by atoms with Gasteiger partial charge in [0.25, 0.3) is 5.91 Å². The molecule has 0 unspecified atom stereocenters. The number of carbonyl (C=O) groups is 1. The molecule has 0 atom stereocenters. The highest BCUT2D eigenvalue weighted by molar-refractivity contribution is 9.10. The third kappa shape index (κ3) is 8.00. The Morgan fingerprint density at radius 1 is 0.875 bits per heavy atom. The summed E-state index contributed by atoms with van der Waals surface area (Å²) in [6.07, 6.45) is 1.49. The van der Waals surface area contributed by atoms with Crippen LogP contribution >= 0.6 is 27.5 Å². The molecule has 9 heteroatoms. The SMILES string of the molecule is CCOc1cc(/C=N/NC(=O)c2ccc(OCc3ccccc3)c(OC)c2)cc(Cl)c1OCc1ccc(Br)cc1. The third-order valence-corrected chi connectivity index (χ3v) is 6.48. The largest absolute Gasteiger partial charge is 0.493 e. The lowest BCUT2D eigenvalue weighted by Gasteiger charge is -2.14. The van der Waals surface area contributed by atoms with E-state index in [0.717, 1.165) is 15.6 Å². The minimum atomic E-state index is -0.408. The lowest BCUT2D eigenvalue weighted by molar-refractivity contribution is 0.0954. The zero-order valence-corrected chi connectivity index (χ0v) is 24.4. The van der Waals surface area contributed by atoms with Crippen LogP contribution in [0.2, 0.25) is 5.02 Å². The average Bonchev–Trinajstić information content (AvgIpc) is 2.97. The van der Waals surface area contributed by atoms with E-state index in [4.69, 9.17) is 30.5 Å². The third-order valence-electron chi connectivity index (χ3n) is 5.67. The van der Waals surface area contributed by atoms with Crippen molar-refractivity contribution in [3.05, 3.63) is 117 Å². The van der Waals surface area contributed by atoms with Crippen LogP contribution in [0.3, 0.4) is 0 Å². The highest BCUT2D eigenvalue weighted by Crippen LogP contribution is 2.37. The number of hydrogen-bond acceptors (Lipinski definition) is 6. The first-order chi connectivity index (χ1) is 19.5. The number of benzene rings is 4. The molecule has 0 fully saturated rings. The van der Waals surface area contributed by atoms with Crippen LogP contribution in [0.4, 0.5) is 0 Å². The van der Waals surface area contributed by atoms with Gasteiger partial charge in [-0.25, -0.2) is 5.43 Å². The zero-order chi connectivity index (χ0) is 28.3. The normalized spacial score (nSPS) is 10.8. The van der Waals surface area contributed by atoms with Crippen LogP contribution in [0.15, 0.2) is 94.5 Å². The van der Waals surface area contributed by atoms with Gasteiger partial charge in [0.2, 0.25) is 0 Å². The summed E-state index contributed by atoms with van der Waals surface area (Å²) in [4.78, 5) is 12.7. The first-order valence-corrected chi connectivity index (χ1v) is 13.7. The molecule has 7 nitrogen and oxygen atoms in total. The predicted octanol–water partition coefficient (Wildman–Crippen LogP) is 7.43. The number of hydrazone groups is 1. The lowest BCUT2D eigenvalue weighted by Crippen LogP contribution is -2.17. The topological polar surface area (TPSA) is 78.4 Å². The van der Waals surface area contributed by atoms with Gasteiger partial charge in [0.15, 0.2) is 23.0 Å². The number of hydrogen-bond donors (Lipinski definition) is 1. The average molecular weight is 624 g/mol. The van der Waals surface area contributed by atoms with Crippen LogP contribution in [0.5, 0.6) is 23.0 Å². The Labute approximate surface area is 246 Å². The summed E-state index contributed by atoms with van der Waals surface area (Å²) in [5, 5.41) is 4.46. The number of halogens is 2. The highest BCUT2D eigenvalue weighted by atomic mass is 79.9. The van der Waals surface area contributed by atoms with Gasteiger partial charge >= 0.3 is 0 Å². The monoisotopic (exact) mass is 622 g/mol. The fraction of sp³-hybridized carbons (Fsp3) is 0.161. The van der Waals surface area contributed by atoms with E-state index < -0.39 is 5.91 Å². The second-order valence-electron chi connectivity index (χ2n) is 8.52. The molecule has 4 aromatic carbocycles. The van der Waals surface area contributed by atoms with Crippen LogP contribution < -0.4 is 24.4 Å². The summed E-state index contributed by atoms with van der Waals surface area (Å²) in [5.41, 5.74) is 5.54. The molecule has 0 saturated heterocycles. The Morgan fingerprint density at radius 2 is 1.60 bits per heavy atom. The van der Waals surface area contributed by atoms with Crippen LogP contribution in [-0.4, -0.2) is 25.8 Å². The van der Waals surface area contributed by atoms with Gasteiger partial charge in [0.1, 0.15) is 13.2 Å². The van der Waals surface area contributed by atoms with Crippen LogP contribution in [-0.2, 0) is 13.2 Å². The Balaban J connectivity index is 1.40. The van der Waals surface area contributed by atoms with Crippen molar-refractivity contribution in [1.29, 1.82) is 0 Å². The van der Waals surface area contributed by atoms with Crippen molar-refractivity contribution in [2.75, 3.05) is 13.7 Å². The molecule has 0 heterocycles. The molecular formula is C31H28BrClN2O5. The molecule has 0 aliphatic carbocycles.